The zero-order valence-corrected chi connectivity index (χ0v) is 11.9. The fourth-order valence-corrected chi connectivity index (χ4v) is 2.46. The minimum atomic E-state index is -0.0785. The van der Waals surface area contributed by atoms with Gasteiger partial charge in [-0.3, -0.25) is 4.79 Å². The lowest BCUT2D eigenvalue weighted by Gasteiger charge is -2.25. The highest BCUT2D eigenvalue weighted by Gasteiger charge is 2.33. The second-order valence-corrected chi connectivity index (χ2v) is 5.73. The Morgan fingerprint density at radius 3 is 2.95 bits per heavy atom. The molecule has 1 amide bonds. The number of hydrogen-bond acceptors (Lipinski definition) is 4. The minimum Gasteiger partial charge on any atom is -0.359 e. The van der Waals surface area contributed by atoms with Crippen molar-refractivity contribution < 1.29 is 9.32 Å². The number of likely N-dealkylation sites (tertiary alicyclic amines) is 1. The Morgan fingerprint density at radius 1 is 1.63 bits per heavy atom. The molecule has 1 fully saturated rings. The third-order valence-electron chi connectivity index (χ3n) is 3.81. The van der Waals surface area contributed by atoms with Crippen molar-refractivity contribution in [2.24, 2.45) is 11.7 Å². The molecule has 5 heteroatoms. The Labute approximate surface area is 114 Å². The first kappa shape index (κ1) is 14.1. The number of amides is 1. The van der Waals surface area contributed by atoms with Crippen LogP contribution in [-0.4, -0.2) is 28.6 Å². The number of carbonyl (C=O) groups excluding carboxylic acids is 1. The van der Waals surface area contributed by atoms with Crippen molar-refractivity contribution in [3.05, 3.63) is 17.5 Å². The molecule has 19 heavy (non-hydrogen) atoms. The van der Waals surface area contributed by atoms with Gasteiger partial charge in [-0.25, -0.2) is 0 Å². The maximum absolute atomic E-state index is 12.3. The molecule has 0 aromatic carbocycles. The number of aryl methyl sites for hydroxylation is 1. The number of aromatic nitrogens is 1. The summed E-state index contributed by atoms with van der Waals surface area (Å²) in [6.07, 6.45) is 2.35. The minimum absolute atomic E-state index is 0.0352. The molecule has 0 radical (unpaired) electrons. The molecule has 0 spiro atoms. The number of nitrogens with zero attached hydrogens (tertiary/aromatic N) is 2. The predicted molar refractivity (Wildman–Crippen MR) is 72.4 cm³/mol. The summed E-state index contributed by atoms with van der Waals surface area (Å²) in [5.41, 5.74) is 6.84. The highest BCUT2D eigenvalue weighted by Crippen LogP contribution is 2.32. The monoisotopic (exact) mass is 265 g/mol. The van der Waals surface area contributed by atoms with E-state index in [0.29, 0.717) is 12.3 Å². The topological polar surface area (TPSA) is 72.4 Å². The van der Waals surface area contributed by atoms with Gasteiger partial charge in [0.15, 0.2) is 5.76 Å². The molecule has 5 nitrogen and oxygen atoms in total. The largest absolute Gasteiger partial charge is 0.359 e. The van der Waals surface area contributed by atoms with Gasteiger partial charge in [0.1, 0.15) is 0 Å². The first-order valence-electron chi connectivity index (χ1n) is 6.97. The summed E-state index contributed by atoms with van der Waals surface area (Å²) < 4.78 is 5.31. The van der Waals surface area contributed by atoms with Crippen molar-refractivity contribution in [3.63, 3.8) is 0 Å². The molecule has 0 aliphatic carbocycles. The maximum atomic E-state index is 12.3. The predicted octanol–water partition coefficient (Wildman–Crippen LogP) is 2.02. The van der Waals surface area contributed by atoms with Crippen LogP contribution < -0.4 is 5.73 Å². The van der Waals surface area contributed by atoms with E-state index >= 15 is 0 Å². The Balaban J connectivity index is 2.04. The molecule has 1 aromatic heterocycles. The van der Waals surface area contributed by atoms with Crippen LogP contribution in [0.3, 0.4) is 0 Å². The van der Waals surface area contributed by atoms with Crippen LogP contribution in [-0.2, 0) is 4.79 Å². The van der Waals surface area contributed by atoms with Gasteiger partial charge in [-0.05, 0) is 25.7 Å². The molecule has 2 rings (SSSR count). The molecule has 0 saturated carbocycles. The lowest BCUT2D eigenvalue weighted by atomic mass is 10.0. The second-order valence-electron chi connectivity index (χ2n) is 5.73. The van der Waals surface area contributed by atoms with Crippen molar-refractivity contribution >= 4 is 5.91 Å². The maximum Gasteiger partial charge on any atom is 0.224 e. The van der Waals surface area contributed by atoms with Crippen LogP contribution in [0.1, 0.15) is 50.6 Å². The Morgan fingerprint density at radius 2 is 2.37 bits per heavy atom. The van der Waals surface area contributed by atoms with E-state index in [1.807, 2.05) is 31.7 Å². The molecule has 2 unspecified atom stereocenters. The lowest BCUT2D eigenvalue weighted by Crippen LogP contribution is -2.37. The zero-order valence-electron chi connectivity index (χ0n) is 11.9. The Bertz CT molecular complexity index is 442. The molecule has 1 aromatic rings. The number of rotatable bonds is 4. The van der Waals surface area contributed by atoms with Crippen LogP contribution in [0.5, 0.6) is 0 Å². The first-order valence-corrected chi connectivity index (χ1v) is 6.97. The van der Waals surface area contributed by atoms with E-state index in [0.717, 1.165) is 30.8 Å². The summed E-state index contributed by atoms with van der Waals surface area (Å²) >= 11 is 0. The van der Waals surface area contributed by atoms with Crippen LogP contribution >= 0.6 is 0 Å². The third kappa shape index (κ3) is 3.15. The number of hydrogen-bond donors (Lipinski definition) is 1. The third-order valence-corrected chi connectivity index (χ3v) is 3.81. The van der Waals surface area contributed by atoms with E-state index in [1.54, 1.807) is 0 Å². The zero-order chi connectivity index (χ0) is 14.0. The van der Waals surface area contributed by atoms with Crippen molar-refractivity contribution in [2.75, 3.05) is 6.54 Å². The normalized spacial score (nSPS) is 21.1. The van der Waals surface area contributed by atoms with E-state index in [1.165, 1.54) is 0 Å². The quantitative estimate of drug-likeness (QED) is 0.904. The van der Waals surface area contributed by atoms with Gasteiger partial charge in [0.25, 0.3) is 0 Å². The van der Waals surface area contributed by atoms with Gasteiger partial charge in [0.05, 0.1) is 11.7 Å². The first-order chi connectivity index (χ1) is 8.99. The molecular formula is C14H23N3O2. The molecule has 1 aliphatic heterocycles. The summed E-state index contributed by atoms with van der Waals surface area (Å²) in [6, 6.07) is 1.87. The highest BCUT2D eigenvalue weighted by atomic mass is 16.5. The van der Waals surface area contributed by atoms with E-state index in [9.17, 15) is 4.79 Å². The molecule has 1 aliphatic rings. The van der Waals surface area contributed by atoms with Crippen LogP contribution in [0.2, 0.25) is 0 Å². The molecule has 2 heterocycles. The van der Waals surface area contributed by atoms with E-state index in [2.05, 4.69) is 5.16 Å². The summed E-state index contributed by atoms with van der Waals surface area (Å²) in [4.78, 5) is 14.2. The fraction of sp³-hybridized carbons (Fsp3) is 0.714. The van der Waals surface area contributed by atoms with Gasteiger partial charge in [-0.2, -0.15) is 0 Å². The fourth-order valence-electron chi connectivity index (χ4n) is 2.46. The van der Waals surface area contributed by atoms with Crippen molar-refractivity contribution in [1.82, 2.24) is 10.1 Å². The molecule has 1 saturated heterocycles. The van der Waals surface area contributed by atoms with Gasteiger partial charge in [0, 0.05) is 25.1 Å². The lowest BCUT2D eigenvalue weighted by molar-refractivity contribution is -0.133. The van der Waals surface area contributed by atoms with Gasteiger partial charge in [-0.1, -0.05) is 19.0 Å². The van der Waals surface area contributed by atoms with Crippen LogP contribution in [0.4, 0.5) is 0 Å². The van der Waals surface area contributed by atoms with E-state index < -0.39 is 0 Å². The van der Waals surface area contributed by atoms with Gasteiger partial charge in [0.2, 0.25) is 5.91 Å². The molecule has 106 valence electrons. The number of carbonyl (C=O) groups is 1. The van der Waals surface area contributed by atoms with Crippen LogP contribution in [0.25, 0.3) is 0 Å². The van der Waals surface area contributed by atoms with E-state index in [-0.39, 0.29) is 18.0 Å². The van der Waals surface area contributed by atoms with E-state index in [4.69, 9.17) is 10.3 Å². The second kappa shape index (κ2) is 5.74. The highest BCUT2D eigenvalue weighted by molar-refractivity contribution is 5.77. The summed E-state index contributed by atoms with van der Waals surface area (Å²) in [7, 11) is 0. The molecule has 2 atom stereocenters. The van der Waals surface area contributed by atoms with Gasteiger partial charge < -0.3 is 15.2 Å². The Kier molecular flexibility index (Phi) is 4.24. The smallest absolute Gasteiger partial charge is 0.224 e. The average molecular weight is 265 g/mol. The van der Waals surface area contributed by atoms with Crippen LogP contribution in [0.15, 0.2) is 10.6 Å². The van der Waals surface area contributed by atoms with Gasteiger partial charge in [-0.15, -0.1) is 0 Å². The summed E-state index contributed by atoms with van der Waals surface area (Å²) in [5, 5.41) is 3.91. The van der Waals surface area contributed by atoms with Crippen molar-refractivity contribution in [3.8, 4) is 0 Å². The molecule has 2 N–H and O–H groups in total. The molecule has 0 bridgehead atoms. The summed E-state index contributed by atoms with van der Waals surface area (Å²) in [6.45, 7) is 6.76. The standard InChI is InChI=1S/C14H23N3O2/c1-9(2)11(15)8-14(18)17-6-4-5-12(17)13-7-10(3)16-19-13/h7,9,11-12H,4-6,8,15H2,1-3H3. The SMILES string of the molecule is Cc1cc(C2CCCN2C(=O)CC(N)C(C)C)on1. The van der Waals surface area contributed by atoms with Crippen molar-refractivity contribution in [1.29, 1.82) is 0 Å². The van der Waals surface area contributed by atoms with Crippen LogP contribution in [0, 0.1) is 12.8 Å². The molecular weight excluding hydrogens is 242 g/mol. The Hall–Kier alpha value is -1.36. The summed E-state index contributed by atoms with van der Waals surface area (Å²) in [5.74, 6) is 1.23. The van der Waals surface area contributed by atoms with Gasteiger partial charge >= 0.3 is 0 Å². The van der Waals surface area contributed by atoms with Crippen molar-refractivity contribution in [2.45, 2.75) is 52.1 Å². The number of nitrogens with two attached hydrogens (primary N) is 1. The average Bonchev–Trinajstić information content (AvgIpc) is 2.96.